The molecule has 78 valence electrons. The van der Waals surface area contributed by atoms with Gasteiger partial charge in [-0.15, -0.1) is 11.8 Å². The zero-order valence-corrected chi connectivity index (χ0v) is 11.4. The highest BCUT2D eigenvalue weighted by Crippen LogP contribution is 2.24. The Kier molecular flexibility index (Phi) is 5.12. The van der Waals surface area contributed by atoms with Crippen molar-refractivity contribution in [1.29, 1.82) is 5.26 Å². The van der Waals surface area contributed by atoms with Crippen LogP contribution in [0.25, 0.3) is 5.57 Å². The highest BCUT2D eigenvalue weighted by Gasteiger charge is 2.04. The molecule has 0 atom stereocenters. The minimum atomic E-state index is 0.471. The van der Waals surface area contributed by atoms with E-state index in [0.29, 0.717) is 5.57 Å². The molecule has 0 saturated heterocycles. The number of halogens is 1. The Morgan fingerprint density at radius 3 is 3.07 bits per heavy atom. The lowest BCUT2D eigenvalue weighted by Gasteiger charge is -2.05. The molecule has 2 nitrogen and oxygen atoms in total. The normalized spacial score (nSPS) is 9.67. The first-order valence-corrected chi connectivity index (χ1v) is 6.95. The van der Waals surface area contributed by atoms with Gasteiger partial charge in [0, 0.05) is 26.8 Å². The average molecular weight is 330 g/mol. The van der Waals surface area contributed by atoms with Gasteiger partial charge in [-0.25, -0.2) is 0 Å². The number of hydrogen-bond acceptors (Lipinski definition) is 3. The van der Waals surface area contributed by atoms with Gasteiger partial charge in [0.05, 0.1) is 17.3 Å². The lowest BCUT2D eigenvalue weighted by Crippen LogP contribution is -1.91. The molecule has 0 aliphatic carbocycles. The summed E-state index contributed by atoms with van der Waals surface area (Å²) in [5, 5.41) is 8.74. The molecular weight excluding hydrogens is 319 g/mol. The van der Waals surface area contributed by atoms with Crippen molar-refractivity contribution in [3.63, 3.8) is 0 Å². The number of alkyl halides is 1. The number of rotatable bonds is 4. The summed E-state index contributed by atoms with van der Waals surface area (Å²) in [6.07, 6.45) is 1.70. The summed E-state index contributed by atoms with van der Waals surface area (Å²) in [5.41, 5.74) is 2.30. The molecule has 4 heteroatoms. The zero-order chi connectivity index (χ0) is 11.3. The third-order valence-corrected chi connectivity index (χ3v) is 4.26. The summed E-state index contributed by atoms with van der Waals surface area (Å²) in [5.74, 6) is 1.06. The molecule has 0 amide bonds. The molecule has 1 rings (SSSR count). The highest BCUT2D eigenvalue weighted by atomic mass is 127. The van der Waals surface area contributed by atoms with Crippen LogP contribution in [0.3, 0.4) is 0 Å². The van der Waals surface area contributed by atoms with Crippen molar-refractivity contribution in [2.45, 2.75) is 11.8 Å². The monoisotopic (exact) mass is 330 g/mol. The van der Waals surface area contributed by atoms with Crippen molar-refractivity contribution < 1.29 is 0 Å². The number of nitriles is 1. The van der Waals surface area contributed by atoms with Gasteiger partial charge in [-0.3, -0.25) is 4.98 Å². The smallest absolute Gasteiger partial charge is 0.0992 e. The Labute approximate surface area is 108 Å². The van der Waals surface area contributed by atoms with Crippen molar-refractivity contribution in [1.82, 2.24) is 4.98 Å². The van der Waals surface area contributed by atoms with E-state index in [1.165, 1.54) is 0 Å². The van der Waals surface area contributed by atoms with Crippen LogP contribution in [0.4, 0.5) is 0 Å². The summed E-state index contributed by atoms with van der Waals surface area (Å²) in [6.45, 7) is 5.66. The van der Waals surface area contributed by atoms with Gasteiger partial charge in [0.2, 0.25) is 0 Å². The van der Waals surface area contributed by atoms with Gasteiger partial charge in [0.15, 0.2) is 0 Å². The van der Waals surface area contributed by atoms with Crippen LogP contribution in [-0.4, -0.2) is 15.2 Å². The maximum absolute atomic E-state index is 8.74. The summed E-state index contributed by atoms with van der Waals surface area (Å²) in [7, 11) is 0. The van der Waals surface area contributed by atoms with Crippen LogP contribution in [0.15, 0.2) is 23.7 Å². The number of hydrogen-bond donors (Lipinski definition) is 0. The predicted octanol–water partition coefficient (Wildman–Crippen LogP) is 3.45. The predicted molar refractivity (Wildman–Crippen MR) is 73.2 cm³/mol. The zero-order valence-electron chi connectivity index (χ0n) is 8.46. The van der Waals surface area contributed by atoms with Crippen molar-refractivity contribution in [2.75, 3.05) is 10.2 Å². The van der Waals surface area contributed by atoms with Gasteiger partial charge in [-0.05, 0) is 13.0 Å². The molecule has 0 fully saturated rings. The summed E-state index contributed by atoms with van der Waals surface area (Å²) >= 11 is 4.11. The molecule has 1 heterocycles. The van der Waals surface area contributed by atoms with Gasteiger partial charge < -0.3 is 0 Å². The molecule has 0 aliphatic heterocycles. The van der Waals surface area contributed by atoms with Crippen LogP contribution in [-0.2, 0) is 0 Å². The highest BCUT2D eigenvalue weighted by molar-refractivity contribution is 14.1. The fourth-order valence-electron chi connectivity index (χ4n) is 1.04. The lowest BCUT2D eigenvalue weighted by atomic mass is 10.1. The van der Waals surface area contributed by atoms with E-state index in [0.717, 1.165) is 26.3 Å². The van der Waals surface area contributed by atoms with Crippen LogP contribution >= 0.6 is 34.4 Å². The number of thioether (sulfide) groups is 1. The van der Waals surface area contributed by atoms with Crippen molar-refractivity contribution >= 4 is 39.9 Å². The van der Waals surface area contributed by atoms with Crippen molar-refractivity contribution in [3.8, 4) is 6.07 Å². The fraction of sp³-hybridized carbons (Fsp3) is 0.273. The molecule has 1 aromatic rings. The fourth-order valence-corrected chi connectivity index (χ4v) is 2.47. The number of aryl methyl sites for hydroxylation is 1. The van der Waals surface area contributed by atoms with Crippen LogP contribution < -0.4 is 0 Å². The molecule has 1 aromatic heterocycles. The SMILES string of the molecule is C=C(C#N)c1cnc(C)c(SCCI)c1. The van der Waals surface area contributed by atoms with Gasteiger partial charge in [-0.2, -0.15) is 5.26 Å². The topological polar surface area (TPSA) is 36.7 Å². The molecule has 0 spiro atoms. The second-order valence-corrected chi connectivity index (χ2v) is 5.15. The van der Waals surface area contributed by atoms with Gasteiger partial charge in [-0.1, -0.05) is 29.2 Å². The standard InChI is InChI=1S/C11H11IN2S/c1-8(6-13)10-5-11(15-4-3-12)9(2)14-7-10/h5,7H,1,3-4H2,2H3. The Balaban J connectivity index is 2.96. The van der Waals surface area contributed by atoms with E-state index >= 15 is 0 Å². The van der Waals surface area contributed by atoms with Crippen LogP contribution in [0.1, 0.15) is 11.3 Å². The minimum Gasteiger partial charge on any atom is -0.260 e. The third kappa shape index (κ3) is 3.50. The second kappa shape index (κ2) is 6.13. The van der Waals surface area contributed by atoms with Crippen LogP contribution in [0.5, 0.6) is 0 Å². The van der Waals surface area contributed by atoms with Crippen molar-refractivity contribution in [3.05, 3.63) is 30.1 Å². The third-order valence-electron chi connectivity index (χ3n) is 1.86. The Morgan fingerprint density at radius 1 is 1.73 bits per heavy atom. The number of nitrogens with zero attached hydrogens (tertiary/aromatic N) is 2. The number of aromatic nitrogens is 1. The quantitative estimate of drug-likeness (QED) is 0.367. The van der Waals surface area contributed by atoms with E-state index in [-0.39, 0.29) is 0 Å². The first-order valence-electron chi connectivity index (χ1n) is 4.44. The van der Waals surface area contributed by atoms with Gasteiger partial charge >= 0.3 is 0 Å². The molecule has 0 aromatic carbocycles. The minimum absolute atomic E-state index is 0.471. The molecular formula is C11H11IN2S. The molecule has 0 saturated carbocycles. The second-order valence-electron chi connectivity index (χ2n) is 2.94. The summed E-state index contributed by atoms with van der Waals surface area (Å²) in [6, 6.07) is 4.03. The average Bonchev–Trinajstić information content (AvgIpc) is 2.27. The first-order chi connectivity index (χ1) is 7.19. The molecule has 15 heavy (non-hydrogen) atoms. The number of pyridine rings is 1. The Bertz CT molecular complexity index is 410. The van der Waals surface area contributed by atoms with Crippen LogP contribution in [0, 0.1) is 18.3 Å². The van der Waals surface area contributed by atoms with E-state index < -0.39 is 0 Å². The van der Waals surface area contributed by atoms with Gasteiger partial charge in [0.25, 0.3) is 0 Å². The molecule has 0 bridgehead atoms. The Morgan fingerprint density at radius 2 is 2.47 bits per heavy atom. The van der Waals surface area contributed by atoms with E-state index in [2.05, 4.69) is 34.2 Å². The molecule has 0 aliphatic rings. The van der Waals surface area contributed by atoms with Crippen LogP contribution in [0.2, 0.25) is 0 Å². The van der Waals surface area contributed by atoms with E-state index in [4.69, 9.17) is 5.26 Å². The summed E-state index contributed by atoms with van der Waals surface area (Å²) in [4.78, 5) is 5.41. The molecule has 0 N–H and O–H groups in total. The van der Waals surface area contributed by atoms with E-state index in [1.54, 1.807) is 18.0 Å². The first kappa shape index (κ1) is 12.5. The lowest BCUT2D eigenvalue weighted by molar-refractivity contribution is 1.11. The maximum atomic E-state index is 8.74. The maximum Gasteiger partial charge on any atom is 0.0992 e. The Hall–Kier alpha value is -0.540. The molecule has 0 radical (unpaired) electrons. The largest absolute Gasteiger partial charge is 0.260 e. The number of allylic oxidation sites excluding steroid dienone is 1. The van der Waals surface area contributed by atoms with E-state index in [9.17, 15) is 0 Å². The van der Waals surface area contributed by atoms with Gasteiger partial charge in [0.1, 0.15) is 0 Å². The summed E-state index contributed by atoms with van der Waals surface area (Å²) < 4.78 is 1.10. The van der Waals surface area contributed by atoms with Crippen molar-refractivity contribution in [2.24, 2.45) is 0 Å². The van der Waals surface area contributed by atoms with E-state index in [1.807, 2.05) is 19.1 Å². The molecule has 0 unspecified atom stereocenters.